The second-order valence-electron chi connectivity index (χ2n) is 7.76. The Kier molecular flexibility index (Phi) is 7.89. The largest absolute Gasteiger partial charge is 0.444 e. The first-order chi connectivity index (χ1) is 15.8. The van der Waals surface area contributed by atoms with Gasteiger partial charge in [-0.3, -0.25) is 4.90 Å². The van der Waals surface area contributed by atoms with Gasteiger partial charge in [0.25, 0.3) is 0 Å². The summed E-state index contributed by atoms with van der Waals surface area (Å²) in [6.07, 6.45) is 1.69. The topological polar surface area (TPSA) is 74.9 Å². The lowest BCUT2D eigenvalue weighted by molar-refractivity contribution is 0.0342. The maximum atomic E-state index is 5.62. The lowest BCUT2D eigenvalue weighted by Crippen LogP contribution is -2.36. The summed E-state index contributed by atoms with van der Waals surface area (Å²) in [7, 11) is 0. The van der Waals surface area contributed by atoms with Crippen LogP contribution in [0.5, 0.6) is 0 Å². The Bertz CT molecular complexity index is 979. The Morgan fingerprint density at radius 2 is 1.75 bits per heavy atom. The lowest BCUT2D eigenvalue weighted by Gasteiger charge is -2.26. The Balaban J connectivity index is 1.30. The van der Waals surface area contributed by atoms with Crippen molar-refractivity contribution in [2.45, 2.75) is 26.6 Å². The summed E-state index contributed by atoms with van der Waals surface area (Å²) in [5.74, 6) is 1.38. The first-order valence-corrected chi connectivity index (χ1v) is 11.2. The fourth-order valence-corrected chi connectivity index (χ4v) is 3.56. The number of hydrogen-bond donors (Lipinski definition) is 2. The average molecular weight is 434 g/mol. The summed E-state index contributed by atoms with van der Waals surface area (Å²) in [5.41, 5.74) is 4.31. The van der Waals surface area contributed by atoms with E-state index in [9.17, 15) is 0 Å². The van der Waals surface area contributed by atoms with Gasteiger partial charge >= 0.3 is 0 Å². The van der Waals surface area contributed by atoms with Crippen molar-refractivity contribution < 1.29 is 9.15 Å². The fourth-order valence-electron chi connectivity index (χ4n) is 3.56. The molecule has 0 radical (unpaired) electrons. The third-order valence-corrected chi connectivity index (χ3v) is 5.31. The molecule has 0 aliphatic carbocycles. The van der Waals surface area contributed by atoms with Gasteiger partial charge in [-0.05, 0) is 30.2 Å². The lowest BCUT2D eigenvalue weighted by atomic mass is 10.1. The molecule has 0 spiro atoms. The van der Waals surface area contributed by atoms with Crippen LogP contribution in [0.15, 0.2) is 70.3 Å². The highest BCUT2D eigenvalue weighted by molar-refractivity contribution is 5.79. The van der Waals surface area contributed by atoms with Gasteiger partial charge in [-0.15, -0.1) is 0 Å². The summed E-state index contributed by atoms with van der Waals surface area (Å²) in [6, 6.07) is 18.6. The summed E-state index contributed by atoms with van der Waals surface area (Å²) in [6.45, 7) is 8.63. The molecule has 1 aliphatic rings. The first-order valence-electron chi connectivity index (χ1n) is 11.2. The van der Waals surface area contributed by atoms with E-state index in [-0.39, 0.29) is 0 Å². The molecule has 3 aromatic rings. The van der Waals surface area contributed by atoms with Crippen LogP contribution < -0.4 is 10.6 Å². The minimum absolute atomic E-state index is 0.542. The maximum Gasteiger partial charge on any atom is 0.226 e. The van der Waals surface area contributed by atoms with Crippen LogP contribution in [0, 0.1) is 0 Å². The van der Waals surface area contributed by atoms with E-state index < -0.39 is 0 Å². The molecule has 2 N–H and O–H groups in total. The number of benzene rings is 2. The van der Waals surface area contributed by atoms with Crippen molar-refractivity contribution >= 4 is 5.96 Å². The molecule has 0 bridgehead atoms. The number of guanidine groups is 1. The van der Waals surface area contributed by atoms with Crippen molar-refractivity contribution in [3.8, 4) is 11.5 Å². The Hall–Kier alpha value is -3.16. The van der Waals surface area contributed by atoms with Gasteiger partial charge in [0.05, 0.1) is 32.0 Å². The number of morpholine rings is 1. The summed E-state index contributed by atoms with van der Waals surface area (Å²) in [4.78, 5) is 11.7. The van der Waals surface area contributed by atoms with Crippen LogP contribution in [-0.4, -0.2) is 48.7 Å². The molecular formula is C25H31N5O2. The number of nitrogens with zero attached hydrogens (tertiary/aromatic N) is 3. The standard InChI is InChI=1S/C25H31N5O2/c1-2-26-25(28-17-23-19-32-24(29-23)22-6-4-3-5-7-22)27-16-20-8-10-21(11-9-20)18-30-12-14-31-15-13-30/h3-11,19H,2,12-18H2,1H3,(H2,26,27,28). The number of aromatic nitrogens is 1. The fraction of sp³-hybridized carbons (Fsp3) is 0.360. The highest BCUT2D eigenvalue weighted by atomic mass is 16.5. The van der Waals surface area contributed by atoms with Crippen molar-refractivity contribution in [1.82, 2.24) is 20.5 Å². The van der Waals surface area contributed by atoms with Crippen LogP contribution in [0.4, 0.5) is 0 Å². The van der Waals surface area contributed by atoms with Crippen molar-refractivity contribution in [1.29, 1.82) is 0 Å². The van der Waals surface area contributed by atoms with E-state index in [1.807, 2.05) is 30.3 Å². The van der Waals surface area contributed by atoms with Crippen molar-refractivity contribution in [3.05, 3.63) is 77.7 Å². The number of aliphatic imine (C=N–C) groups is 1. The summed E-state index contributed by atoms with van der Waals surface area (Å²) < 4.78 is 11.0. The summed E-state index contributed by atoms with van der Waals surface area (Å²) in [5, 5.41) is 6.62. The Morgan fingerprint density at radius 1 is 1.00 bits per heavy atom. The van der Waals surface area contributed by atoms with Crippen LogP contribution in [0.25, 0.3) is 11.5 Å². The highest BCUT2D eigenvalue weighted by Crippen LogP contribution is 2.17. The highest BCUT2D eigenvalue weighted by Gasteiger charge is 2.10. The van der Waals surface area contributed by atoms with E-state index in [2.05, 4.69) is 51.7 Å². The second-order valence-corrected chi connectivity index (χ2v) is 7.76. The maximum absolute atomic E-state index is 5.62. The number of hydrogen-bond acceptors (Lipinski definition) is 5. The van der Waals surface area contributed by atoms with E-state index in [0.717, 1.165) is 56.6 Å². The monoisotopic (exact) mass is 433 g/mol. The molecule has 7 heteroatoms. The van der Waals surface area contributed by atoms with Gasteiger partial charge in [0.2, 0.25) is 5.89 Å². The molecule has 0 atom stereocenters. The molecule has 168 valence electrons. The number of rotatable bonds is 8. The average Bonchev–Trinajstić information content (AvgIpc) is 3.32. The summed E-state index contributed by atoms with van der Waals surface area (Å²) >= 11 is 0. The molecule has 1 aliphatic heterocycles. The minimum Gasteiger partial charge on any atom is -0.444 e. The normalized spacial score (nSPS) is 15.0. The molecule has 1 fully saturated rings. The zero-order valence-corrected chi connectivity index (χ0v) is 18.6. The quantitative estimate of drug-likeness (QED) is 0.419. The van der Waals surface area contributed by atoms with E-state index in [4.69, 9.17) is 14.1 Å². The van der Waals surface area contributed by atoms with Crippen LogP contribution in [0.2, 0.25) is 0 Å². The Labute approximate surface area is 189 Å². The molecule has 32 heavy (non-hydrogen) atoms. The molecule has 2 aromatic carbocycles. The van der Waals surface area contributed by atoms with Crippen molar-refractivity contribution in [2.24, 2.45) is 4.99 Å². The molecule has 0 saturated carbocycles. The molecule has 4 rings (SSSR count). The van der Waals surface area contributed by atoms with E-state index in [1.54, 1.807) is 6.26 Å². The smallest absolute Gasteiger partial charge is 0.226 e. The van der Waals surface area contributed by atoms with Gasteiger partial charge in [0, 0.05) is 31.7 Å². The second kappa shape index (κ2) is 11.5. The van der Waals surface area contributed by atoms with Gasteiger partial charge in [0.15, 0.2) is 5.96 Å². The predicted octanol–water partition coefficient (Wildman–Crippen LogP) is 3.43. The van der Waals surface area contributed by atoms with Gasteiger partial charge in [0.1, 0.15) is 6.26 Å². The number of nitrogens with one attached hydrogen (secondary N) is 2. The zero-order chi connectivity index (χ0) is 22.0. The molecule has 2 heterocycles. The Morgan fingerprint density at radius 3 is 2.50 bits per heavy atom. The van der Waals surface area contributed by atoms with E-state index in [0.29, 0.717) is 19.0 Å². The molecule has 7 nitrogen and oxygen atoms in total. The van der Waals surface area contributed by atoms with Crippen LogP contribution in [0.3, 0.4) is 0 Å². The van der Waals surface area contributed by atoms with Gasteiger partial charge < -0.3 is 19.8 Å². The number of oxazole rings is 1. The van der Waals surface area contributed by atoms with Crippen LogP contribution in [-0.2, 0) is 24.4 Å². The van der Waals surface area contributed by atoms with Crippen molar-refractivity contribution in [2.75, 3.05) is 32.8 Å². The zero-order valence-electron chi connectivity index (χ0n) is 18.6. The van der Waals surface area contributed by atoms with Gasteiger partial charge in [-0.25, -0.2) is 9.98 Å². The molecular weight excluding hydrogens is 402 g/mol. The third-order valence-electron chi connectivity index (χ3n) is 5.31. The predicted molar refractivity (Wildman–Crippen MR) is 126 cm³/mol. The SMILES string of the molecule is CCNC(=NCc1ccc(CN2CCOCC2)cc1)NCc1coc(-c2ccccc2)n1. The third kappa shape index (κ3) is 6.42. The van der Waals surface area contributed by atoms with Gasteiger partial charge in [-0.2, -0.15) is 0 Å². The van der Waals surface area contributed by atoms with Gasteiger partial charge in [-0.1, -0.05) is 42.5 Å². The van der Waals surface area contributed by atoms with Crippen LogP contribution in [0.1, 0.15) is 23.7 Å². The van der Waals surface area contributed by atoms with E-state index in [1.165, 1.54) is 11.1 Å². The van der Waals surface area contributed by atoms with Crippen LogP contribution >= 0.6 is 0 Å². The minimum atomic E-state index is 0.542. The molecule has 1 aromatic heterocycles. The molecule has 0 unspecified atom stereocenters. The van der Waals surface area contributed by atoms with Crippen molar-refractivity contribution in [3.63, 3.8) is 0 Å². The van der Waals surface area contributed by atoms with E-state index >= 15 is 0 Å². The molecule has 0 amide bonds. The first kappa shape index (κ1) is 22.0. The molecule has 1 saturated heterocycles. The number of ether oxygens (including phenoxy) is 1.